The minimum Gasteiger partial charge on any atom is -0.497 e. The molecule has 1 unspecified atom stereocenters. The van der Waals surface area contributed by atoms with Crippen molar-refractivity contribution in [2.45, 2.75) is 25.7 Å². The van der Waals surface area contributed by atoms with Crippen molar-refractivity contribution in [2.75, 3.05) is 26.8 Å². The molecule has 1 saturated heterocycles. The fraction of sp³-hybridized carbons (Fsp3) is 0.348. The molecule has 1 amide bonds. The highest BCUT2D eigenvalue weighted by Crippen LogP contribution is 2.29. The number of carbonyl (C=O) groups is 1. The third kappa shape index (κ3) is 4.30. The first kappa shape index (κ1) is 19.9. The monoisotopic (exact) mass is 407 g/mol. The third-order valence-corrected chi connectivity index (χ3v) is 5.24. The van der Waals surface area contributed by atoms with Gasteiger partial charge in [-0.2, -0.15) is 4.98 Å². The molecule has 1 atom stereocenters. The zero-order valence-corrected chi connectivity index (χ0v) is 17.2. The standard InChI is InChI=1S/C23H25N3O4/c1-3-29-19-11-9-16(10-12-19)23(27)26-13-5-7-18(15-26)22-24-21(25-30-22)17-6-4-8-20(14-17)28-2/h4,6,8-12,14,18H,3,5,7,13,15H2,1-2H3. The topological polar surface area (TPSA) is 77.7 Å². The summed E-state index contributed by atoms with van der Waals surface area (Å²) in [6.07, 6.45) is 1.80. The summed E-state index contributed by atoms with van der Waals surface area (Å²) in [7, 11) is 1.62. The second-order valence-corrected chi connectivity index (χ2v) is 7.24. The van der Waals surface area contributed by atoms with E-state index < -0.39 is 0 Å². The van der Waals surface area contributed by atoms with E-state index in [-0.39, 0.29) is 11.8 Å². The molecule has 7 heteroatoms. The maximum absolute atomic E-state index is 12.9. The fourth-order valence-electron chi connectivity index (χ4n) is 3.69. The van der Waals surface area contributed by atoms with Gasteiger partial charge in [0.1, 0.15) is 11.5 Å². The van der Waals surface area contributed by atoms with Gasteiger partial charge in [-0.3, -0.25) is 4.79 Å². The van der Waals surface area contributed by atoms with Gasteiger partial charge in [0.25, 0.3) is 5.91 Å². The molecule has 0 saturated carbocycles. The van der Waals surface area contributed by atoms with Crippen LogP contribution in [0.1, 0.15) is 41.9 Å². The predicted octanol–water partition coefficient (Wildman–Crippen LogP) is 4.16. The summed E-state index contributed by atoms with van der Waals surface area (Å²) >= 11 is 0. The molecule has 4 rings (SSSR count). The van der Waals surface area contributed by atoms with Crippen molar-refractivity contribution in [3.63, 3.8) is 0 Å². The highest BCUT2D eigenvalue weighted by atomic mass is 16.5. The normalized spacial score (nSPS) is 16.3. The largest absolute Gasteiger partial charge is 0.497 e. The van der Waals surface area contributed by atoms with Crippen molar-refractivity contribution in [1.82, 2.24) is 15.0 Å². The van der Waals surface area contributed by atoms with Crippen molar-refractivity contribution < 1.29 is 18.8 Å². The van der Waals surface area contributed by atoms with Crippen LogP contribution in [0.4, 0.5) is 0 Å². The minimum atomic E-state index is 0.00952. The van der Waals surface area contributed by atoms with Crippen LogP contribution in [-0.2, 0) is 0 Å². The Morgan fingerprint density at radius 3 is 2.80 bits per heavy atom. The molecule has 1 aromatic heterocycles. The maximum atomic E-state index is 12.9. The van der Waals surface area contributed by atoms with E-state index in [2.05, 4.69) is 10.1 Å². The number of methoxy groups -OCH3 is 1. The molecule has 1 fully saturated rings. The molecule has 0 bridgehead atoms. The summed E-state index contributed by atoms with van der Waals surface area (Å²) in [6.45, 7) is 3.82. The summed E-state index contributed by atoms with van der Waals surface area (Å²) in [5.74, 6) is 2.63. The van der Waals surface area contributed by atoms with Crippen LogP contribution in [0, 0.1) is 0 Å². The van der Waals surface area contributed by atoms with Crippen LogP contribution in [0.2, 0.25) is 0 Å². The Bertz CT molecular complexity index is 1000. The van der Waals surface area contributed by atoms with Crippen LogP contribution in [0.25, 0.3) is 11.4 Å². The molecule has 2 heterocycles. The Kier molecular flexibility index (Phi) is 5.97. The van der Waals surface area contributed by atoms with Crippen LogP contribution in [0.5, 0.6) is 11.5 Å². The van der Waals surface area contributed by atoms with Crippen LogP contribution >= 0.6 is 0 Å². The van der Waals surface area contributed by atoms with Crippen LogP contribution in [-0.4, -0.2) is 47.8 Å². The van der Waals surface area contributed by atoms with Gasteiger partial charge in [0.05, 0.1) is 19.6 Å². The zero-order valence-electron chi connectivity index (χ0n) is 17.2. The minimum absolute atomic E-state index is 0.00952. The van der Waals surface area contributed by atoms with Crippen molar-refractivity contribution in [3.05, 3.63) is 60.0 Å². The average molecular weight is 407 g/mol. The first-order valence-corrected chi connectivity index (χ1v) is 10.2. The summed E-state index contributed by atoms with van der Waals surface area (Å²) in [4.78, 5) is 19.4. The van der Waals surface area contributed by atoms with Gasteiger partial charge >= 0.3 is 0 Å². The van der Waals surface area contributed by atoms with Gasteiger partial charge in [-0.1, -0.05) is 17.3 Å². The van der Waals surface area contributed by atoms with E-state index in [9.17, 15) is 4.79 Å². The van der Waals surface area contributed by atoms with Gasteiger partial charge in [-0.15, -0.1) is 0 Å². The average Bonchev–Trinajstić information content (AvgIpc) is 3.30. The Hall–Kier alpha value is -3.35. The molecule has 156 valence electrons. The highest BCUT2D eigenvalue weighted by Gasteiger charge is 2.29. The first-order chi connectivity index (χ1) is 14.7. The number of likely N-dealkylation sites (tertiary alicyclic amines) is 1. The van der Waals surface area contributed by atoms with Gasteiger partial charge in [0.15, 0.2) is 0 Å². The number of piperidine rings is 1. The molecule has 0 N–H and O–H groups in total. The Morgan fingerprint density at radius 2 is 2.03 bits per heavy atom. The van der Waals surface area contributed by atoms with Crippen molar-refractivity contribution in [1.29, 1.82) is 0 Å². The summed E-state index contributed by atoms with van der Waals surface area (Å²) < 4.78 is 16.3. The number of nitrogens with zero attached hydrogens (tertiary/aromatic N) is 3. The first-order valence-electron chi connectivity index (χ1n) is 10.2. The van der Waals surface area contributed by atoms with Crippen LogP contribution in [0.15, 0.2) is 53.1 Å². The summed E-state index contributed by atoms with van der Waals surface area (Å²) in [6, 6.07) is 14.8. The van der Waals surface area contributed by atoms with E-state index in [1.165, 1.54) is 0 Å². The quantitative estimate of drug-likeness (QED) is 0.610. The molecule has 0 aliphatic carbocycles. The molecule has 3 aromatic rings. The number of carbonyl (C=O) groups excluding carboxylic acids is 1. The van der Waals surface area contributed by atoms with E-state index in [1.54, 1.807) is 7.11 Å². The smallest absolute Gasteiger partial charge is 0.253 e. The second-order valence-electron chi connectivity index (χ2n) is 7.24. The Labute approximate surface area is 175 Å². The molecule has 2 aromatic carbocycles. The molecule has 0 radical (unpaired) electrons. The fourth-order valence-corrected chi connectivity index (χ4v) is 3.69. The summed E-state index contributed by atoms with van der Waals surface area (Å²) in [5.41, 5.74) is 1.49. The predicted molar refractivity (Wildman–Crippen MR) is 112 cm³/mol. The number of hydrogen-bond acceptors (Lipinski definition) is 6. The summed E-state index contributed by atoms with van der Waals surface area (Å²) in [5, 5.41) is 4.13. The number of ether oxygens (including phenoxy) is 2. The van der Waals surface area contributed by atoms with Crippen LogP contribution < -0.4 is 9.47 Å². The van der Waals surface area contributed by atoms with Crippen molar-refractivity contribution >= 4 is 5.91 Å². The lowest BCUT2D eigenvalue weighted by Crippen LogP contribution is -2.39. The zero-order chi connectivity index (χ0) is 20.9. The van der Waals surface area contributed by atoms with Crippen molar-refractivity contribution in [2.24, 2.45) is 0 Å². The second kappa shape index (κ2) is 8.98. The van der Waals surface area contributed by atoms with E-state index in [0.717, 1.165) is 36.4 Å². The van der Waals surface area contributed by atoms with E-state index in [4.69, 9.17) is 14.0 Å². The number of hydrogen-bond donors (Lipinski definition) is 0. The number of benzene rings is 2. The molecule has 1 aliphatic heterocycles. The third-order valence-electron chi connectivity index (χ3n) is 5.24. The van der Waals surface area contributed by atoms with E-state index in [0.29, 0.717) is 30.4 Å². The number of aromatic nitrogens is 2. The number of amides is 1. The lowest BCUT2D eigenvalue weighted by molar-refractivity contribution is 0.0695. The van der Waals surface area contributed by atoms with Gasteiger partial charge < -0.3 is 18.9 Å². The molecular weight excluding hydrogens is 382 g/mol. The van der Waals surface area contributed by atoms with Gasteiger partial charge in [-0.25, -0.2) is 0 Å². The van der Waals surface area contributed by atoms with Gasteiger partial charge in [-0.05, 0) is 56.2 Å². The Balaban J connectivity index is 1.46. The molecule has 7 nitrogen and oxygen atoms in total. The molecule has 0 spiro atoms. The van der Waals surface area contributed by atoms with E-state index >= 15 is 0 Å². The number of rotatable bonds is 6. The van der Waals surface area contributed by atoms with E-state index in [1.807, 2.05) is 60.4 Å². The SMILES string of the molecule is CCOc1ccc(C(=O)N2CCCC(c3nc(-c4cccc(OC)c4)no3)C2)cc1. The lowest BCUT2D eigenvalue weighted by atomic mass is 9.97. The Morgan fingerprint density at radius 1 is 1.20 bits per heavy atom. The highest BCUT2D eigenvalue weighted by molar-refractivity contribution is 5.94. The molecule has 30 heavy (non-hydrogen) atoms. The lowest BCUT2D eigenvalue weighted by Gasteiger charge is -2.31. The molecular formula is C23H25N3O4. The van der Waals surface area contributed by atoms with Crippen LogP contribution in [0.3, 0.4) is 0 Å². The van der Waals surface area contributed by atoms with Gasteiger partial charge in [0, 0.05) is 24.2 Å². The molecule has 1 aliphatic rings. The van der Waals surface area contributed by atoms with Crippen molar-refractivity contribution in [3.8, 4) is 22.9 Å². The van der Waals surface area contributed by atoms with Gasteiger partial charge in [0.2, 0.25) is 11.7 Å². The maximum Gasteiger partial charge on any atom is 0.253 e.